The SMILES string of the molecule is C[C@](N)(CCCN)C(=O)Nc1ccc2ccccc2c1.O=C(O)C(F)(F)F. The van der Waals surface area contributed by atoms with Crippen LogP contribution in [0, 0.1) is 0 Å². The molecule has 27 heavy (non-hydrogen) atoms. The van der Waals surface area contributed by atoms with Gasteiger partial charge in [0, 0.05) is 5.69 Å². The topological polar surface area (TPSA) is 118 Å². The molecule has 148 valence electrons. The van der Waals surface area contributed by atoms with Crippen molar-refractivity contribution in [1.82, 2.24) is 0 Å². The Labute approximate surface area is 154 Å². The van der Waals surface area contributed by atoms with Gasteiger partial charge in [-0.05, 0) is 49.2 Å². The Morgan fingerprint density at radius 2 is 1.67 bits per heavy atom. The van der Waals surface area contributed by atoms with Crippen LogP contribution >= 0.6 is 0 Å². The third-order valence-corrected chi connectivity index (χ3v) is 3.67. The summed E-state index contributed by atoms with van der Waals surface area (Å²) in [5, 5.41) is 12.2. The first-order chi connectivity index (χ1) is 12.5. The lowest BCUT2D eigenvalue weighted by atomic mass is 9.96. The number of carbonyl (C=O) groups is 2. The van der Waals surface area contributed by atoms with Crippen molar-refractivity contribution < 1.29 is 27.9 Å². The summed E-state index contributed by atoms with van der Waals surface area (Å²) >= 11 is 0. The van der Waals surface area contributed by atoms with Crippen LogP contribution in [-0.2, 0) is 9.59 Å². The molecule has 0 aliphatic rings. The normalized spacial score (nSPS) is 13.3. The van der Waals surface area contributed by atoms with E-state index in [1.165, 1.54) is 0 Å². The number of fused-ring (bicyclic) bond motifs is 1. The molecule has 0 unspecified atom stereocenters. The quantitative estimate of drug-likeness (QED) is 0.631. The lowest BCUT2D eigenvalue weighted by Gasteiger charge is -2.23. The van der Waals surface area contributed by atoms with Crippen molar-refractivity contribution in [2.24, 2.45) is 11.5 Å². The second-order valence-electron chi connectivity index (χ2n) is 6.13. The highest BCUT2D eigenvalue weighted by molar-refractivity contribution is 5.99. The maximum absolute atomic E-state index is 12.2. The zero-order chi connectivity index (χ0) is 20.7. The van der Waals surface area contributed by atoms with Gasteiger partial charge in [0.1, 0.15) is 0 Å². The molecule has 1 amide bonds. The van der Waals surface area contributed by atoms with E-state index in [2.05, 4.69) is 5.32 Å². The summed E-state index contributed by atoms with van der Waals surface area (Å²) in [5.41, 5.74) is 11.4. The number of carboxylic acid groups (broad SMARTS) is 1. The number of amides is 1. The van der Waals surface area contributed by atoms with Crippen LogP contribution in [0.4, 0.5) is 18.9 Å². The van der Waals surface area contributed by atoms with Crippen molar-refractivity contribution in [2.45, 2.75) is 31.5 Å². The molecule has 0 saturated heterocycles. The Balaban J connectivity index is 0.000000445. The number of carboxylic acids is 1. The van der Waals surface area contributed by atoms with Gasteiger partial charge >= 0.3 is 12.1 Å². The Hall–Kier alpha value is -2.65. The van der Waals surface area contributed by atoms with Crippen LogP contribution in [0.1, 0.15) is 19.8 Å². The average molecular weight is 385 g/mol. The van der Waals surface area contributed by atoms with Gasteiger partial charge in [0.05, 0.1) is 5.54 Å². The number of carbonyl (C=O) groups excluding carboxylic acids is 1. The molecule has 0 heterocycles. The Morgan fingerprint density at radius 3 is 2.19 bits per heavy atom. The first-order valence-corrected chi connectivity index (χ1v) is 8.06. The fourth-order valence-electron chi connectivity index (χ4n) is 2.12. The minimum absolute atomic E-state index is 0.179. The Morgan fingerprint density at radius 1 is 1.11 bits per heavy atom. The summed E-state index contributed by atoms with van der Waals surface area (Å²) in [7, 11) is 0. The fourth-order valence-corrected chi connectivity index (χ4v) is 2.12. The van der Waals surface area contributed by atoms with E-state index >= 15 is 0 Å². The number of halogens is 3. The summed E-state index contributed by atoms with van der Waals surface area (Å²) in [6.45, 7) is 2.27. The number of hydrogen-bond donors (Lipinski definition) is 4. The predicted octanol–water partition coefficient (Wildman–Crippen LogP) is 2.87. The highest BCUT2D eigenvalue weighted by Crippen LogP contribution is 2.20. The molecular weight excluding hydrogens is 363 g/mol. The van der Waals surface area contributed by atoms with Crippen molar-refractivity contribution in [3.63, 3.8) is 0 Å². The third kappa shape index (κ3) is 7.24. The minimum atomic E-state index is -5.08. The number of anilines is 1. The van der Waals surface area contributed by atoms with Crippen LogP contribution in [0.25, 0.3) is 10.8 Å². The number of aliphatic carboxylic acids is 1. The number of nitrogens with one attached hydrogen (secondary N) is 1. The van der Waals surface area contributed by atoms with Gasteiger partial charge < -0.3 is 21.9 Å². The maximum Gasteiger partial charge on any atom is 0.490 e. The van der Waals surface area contributed by atoms with Crippen molar-refractivity contribution in [3.8, 4) is 0 Å². The van der Waals surface area contributed by atoms with E-state index in [9.17, 15) is 18.0 Å². The Bertz CT molecular complexity index is 792. The molecule has 2 rings (SSSR count). The van der Waals surface area contributed by atoms with E-state index in [1.54, 1.807) is 6.92 Å². The maximum atomic E-state index is 12.2. The molecule has 0 spiro atoms. The molecule has 0 aromatic heterocycles. The molecule has 0 saturated carbocycles. The molecule has 6 nitrogen and oxygen atoms in total. The van der Waals surface area contributed by atoms with Crippen molar-refractivity contribution >= 4 is 28.3 Å². The van der Waals surface area contributed by atoms with Gasteiger partial charge in [0.15, 0.2) is 0 Å². The Kier molecular flexibility index (Phi) is 7.74. The van der Waals surface area contributed by atoms with Gasteiger partial charge in [0.2, 0.25) is 5.91 Å². The van der Waals surface area contributed by atoms with Crippen LogP contribution in [0.5, 0.6) is 0 Å². The zero-order valence-corrected chi connectivity index (χ0v) is 14.7. The molecule has 6 N–H and O–H groups in total. The van der Waals surface area contributed by atoms with E-state index < -0.39 is 17.7 Å². The van der Waals surface area contributed by atoms with Gasteiger partial charge in [-0.2, -0.15) is 13.2 Å². The van der Waals surface area contributed by atoms with E-state index in [0.29, 0.717) is 13.0 Å². The van der Waals surface area contributed by atoms with Crippen molar-refractivity contribution in [2.75, 3.05) is 11.9 Å². The first-order valence-electron chi connectivity index (χ1n) is 8.06. The second kappa shape index (κ2) is 9.33. The van der Waals surface area contributed by atoms with Crippen LogP contribution in [0.15, 0.2) is 42.5 Å². The lowest BCUT2D eigenvalue weighted by Crippen LogP contribution is -2.48. The number of nitrogens with two attached hydrogens (primary N) is 2. The van der Waals surface area contributed by atoms with Crippen molar-refractivity contribution in [3.05, 3.63) is 42.5 Å². The molecule has 0 fully saturated rings. The molecule has 9 heteroatoms. The second-order valence-corrected chi connectivity index (χ2v) is 6.13. The number of rotatable bonds is 5. The summed E-state index contributed by atoms with van der Waals surface area (Å²) in [6, 6.07) is 13.8. The molecule has 0 aliphatic heterocycles. The summed E-state index contributed by atoms with van der Waals surface area (Å²) in [5.74, 6) is -2.94. The van der Waals surface area contributed by atoms with Crippen LogP contribution in [0.3, 0.4) is 0 Å². The first kappa shape index (κ1) is 22.4. The molecular formula is C18H22F3N3O3. The van der Waals surface area contributed by atoms with Crippen LogP contribution < -0.4 is 16.8 Å². The van der Waals surface area contributed by atoms with E-state index in [4.69, 9.17) is 21.4 Å². The molecule has 2 aromatic rings. The predicted molar refractivity (Wildman–Crippen MR) is 97.1 cm³/mol. The van der Waals surface area contributed by atoms with E-state index in [0.717, 1.165) is 22.9 Å². The number of alkyl halides is 3. The van der Waals surface area contributed by atoms with Gasteiger partial charge in [-0.3, -0.25) is 4.79 Å². The fraction of sp³-hybridized carbons (Fsp3) is 0.333. The van der Waals surface area contributed by atoms with Gasteiger partial charge in [-0.1, -0.05) is 30.3 Å². The van der Waals surface area contributed by atoms with Crippen LogP contribution in [0.2, 0.25) is 0 Å². The monoisotopic (exact) mass is 385 g/mol. The van der Waals surface area contributed by atoms with Crippen LogP contribution in [-0.4, -0.2) is 35.2 Å². The molecule has 0 aliphatic carbocycles. The smallest absolute Gasteiger partial charge is 0.475 e. The molecule has 0 radical (unpaired) electrons. The summed E-state index contributed by atoms with van der Waals surface area (Å²) < 4.78 is 31.7. The summed E-state index contributed by atoms with van der Waals surface area (Å²) in [4.78, 5) is 21.1. The standard InChI is InChI=1S/C16H21N3O.C2HF3O2/c1-16(18,9-4-10-17)15(20)19-14-8-7-12-5-2-3-6-13(12)11-14;3-2(4,5)1(6)7/h2-3,5-8,11H,4,9-10,17-18H2,1H3,(H,19,20);(H,6,7)/t16-;/m0./s1. The zero-order valence-electron chi connectivity index (χ0n) is 14.7. The van der Waals surface area contributed by atoms with Gasteiger partial charge in [-0.25, -0.2) is 4.79 Å². The van der Waals surface area contributed by atoms with Crippen molar-refractivity contribution in [1.29, 1.82) is 0 Å². The van der Waals surface area contributed by atoms with E-state index in [1.807, 2.05) is 42.5 Å². The number of hydrogen-bond acceptors (Lipinski definition) is 4. The largest absolute Gasteiger partial charge is 0.490 e. The average Bonchev–Trinajstić information content (AvgIpc) is 2.59. The number of benzene rings is 2. The molecule has 2 aromatic carbocycles. The lowest BCUT2D eigenvalue weighted by molar-refractivity contribution is -0.192. The van der Waals surface area contributed by atoms with E-state index in [-0.39, 0.29) is 5.91 Å². The third-order valence-electron chi connectivity index (χ3n) is 3.67. The minimum Gasteiger partial charge on any atom is -0.475 e. The molecule has 1 atom stereocenters. The highest BCUT2D eigenvalue weighted by Gasteiger charge is 2.38. The summed E-state index contributed by atoms with van der Waals surface area (Å²) in [6.07, 6.45) is -3.78. The van der Waals surface area contributed by atoms with Gasteiger partial charge in [0.25, 0.3) is 0 Å². The highest BCUT2D eigenvalue weighted by atomic mass is 19.4. The van der Waals surface area contributed by atoms with Gasteiger partial charge in [-0.15, -0.1) is 0 Å². The molecule has 0 bridgehead atoms.